The fourth-order valence-corrected chi connectivity index (χ4v) is 2.53. The quantitative estimate of drug-likeness (QED) is 0.333. The zero-order chi connectivity index (χ0) is 19.8. The van der Waals surface area contributed by atoms with Crippen molar-refractivity contribution in [2.75, 3.05) is 13.2 Å². The number of carbonyl (C=O) groups excluding carboxylic acids is 2. The Hall–Kier alpha value is -3.60. The summed E-state index contributed by atoms with van der Waals surface area (Å²) in [6, 6.07) is 22.5. The first kappa shape index (κ1) is 19.2. The standard InChI is InChI=1S/C23H20O5/c1-2-26-19-12-14-21(15-13-19)28-22(24)16-27-20-10-8-18(9-11-20)23(25)17-6-4-3-5-7-17/h3-15H,2,16H2,1H3. The van der Waals surface area contributed by atoms with Crippen molar-refractivity contribution in [3.63, 3.8) is 0 Å². The van der Waals surface area contributed by atoms with Crippen molar-refractivity contribution < 1.29 is 23.8 Å². The largest absolute Gasteiger partial charge is 0.494 e. The van der Waals surface area contributed by atoms with Gasteiger partial charge in [0.25, 0.3) is 0 Å². The second-order valence-corrected chi connectivity index (χ2v) is 5.89. The first-order valence-corrected chi connectivity index (χ1v) is 8.92. The molecule has 5 nitrogen and oxygen atoms in total. The van der Waals surface area contributed by atoms with Gasteiger partial charge in [-0.15, -0.1) is 0 Å². The highest BCUT2D eigenvalue weighted by Crippen LogP contribution is 2.18. The van der Waals surface area contributed by atoms with E-state index in [4.69, 9.17) is 14.2 Å². The molecule has 0 unspecified atom stereocenters. The van der Waals surface area contributed by atoms with Gasteiger partial charge in [-0.2, -0.15) is 0 Å². The molecule has 0 radical (unpaired) electrons. The Kier molecular flexibility index (Phi) is 6.41. The first-order chi connectivity index (χ1) is 13.7. The van der Waals surface area contributed by atoms with Gasteiger partial charge in [0, 0.05) is 11.1 Å². The third kappa shape index (κ3) is 5.20. The molecule has 0 fully saturated rings. The molecule has 3 aromatic rings. The topological polar surface area (TPSA) is 61.8 Å². The van der Waals surface area contributed by atoms with Gasteiger partial charge in [-0.25, -0.2) is 4.79 Å². The van der Waals surface area contributed by atoms with Crippen LogP contribution < -0.4 is 14.2 Å². The lowest BCUT2D eigenvalue weighted by molar-refractivity contribution is -0.136. The number of hydrogen-bond acceptors (Lipinski definition) is 5. The van der Waals surface area contributed by atoms with Crippen LogP contribution in [0.15, 0.2) is 78.9 Å². The van der Waals surface area contributed by atoms with Crippen LogP contribution in [-0.4, -0.2) is 25.0 Å². The van der Waals surface area contributed by atoms with Crippen molar-refractivity contribution in [1.82, 2.24) is 0 Å². The van der Waals surface area contributed by atoms with E-state index in [0.29, 0.717) is 35.0 Å². The lowest BCUT2D eigenvalue weighted by Crippen LogP contribution is -2.17. The number of benzene rings is 3. The number of ether oxygens (including phenoxy) is 3. The van der Waals surface area contributed by atoms with Crippen molar-refractivity contribution in [3.05, 3.63) is 90.0 Å². The Bertz CT molecular complexity index is 915. The summed E-state index contributed by atoms with van der Waals surface area (Å²) in [7, 11) is 0. The van der Waals surface area contributed by atoms with E-state index >= 15 is 0 Å². The third-order valence-electron chi connectivity index (χ3n) is 3.88. The Morgan fingerprint density at radius 3 is 1.86 bits per heavy atom. The van der Waals surface area contributed by atoms with E-state index in [-0.39, 0.29) is 12.4 Å². The molecule has 0 bridgehead atoms. The molecule has 0 N–H and O–H groups in total. The van der Waals surface area contributed by atoms with Crippen LogP contribution in [-0.2, 0) is 4.79 Å². The van der Waals surface area contributed by atoms with Crippen LogP contribution in [0.25, 0.3) is 0 Å². The van der Waals surface area contributed by atoms with Gasteiger partial charge in [0.2, 0.25) is 0 Å². The molecule has 3 aromatic carbocycles. The van der Waals surface area contributed by atoms with Gasteiger partial charge in [-0.3, -0.25) is 4.79 Å². The molecule has 0 heterocycles. The maximum absolute atomic E-state index is 12.4. The molecule has 0 aliphatic heterocycles. The molecule has 28 heavy (non-hydrogen) atoms. The molecule has 0 aromatic heterocycles. The second-order valence-electron chi connectivity index (χ2n) is 5.89. The molecule has 0 saturated heterocycles. The zero-order valence-corrected chi connectivity index (χ0v) is 15.5. The predicted octanol–water partition coefficient (Wildman–Crippen LogP) is 4.30. The monoisotopic (exact) mass is 376 g/mol. The van der Waals surface area contributed by atoms with Crippen LogP contribution in [0.2, 0.25) is 0 Å². The van der Waals surface area contributed by atoms with Crippen molar-refractivity contribution in [2.24, 2.45) is 0 Å². The molecular weight excluding hydrogens is 356 g/mol. The zero-order valence-electron chi connectivity index (χ0n) is 15.5. The summed E-state index contributed by atoms with van der Waals surface area (Å²) in [6.45, 7) is 2.23. The van der Waals surface area contributed by atoms with Gasteiger partial charge in [0.1, 0.15) is 17.2 Å². The minimum absolute atomic E-state index is 0.0675. The van der Waals surface area contributed by atoms with Crippen molar-refractivity contribution in [2.45, 2.75) is 6.92 Å². The normalized spacial score (nSPS) is 10.2. The number of carbonyl (C=O) groups is 2. The van der Waals surface area contributed by atoms with E-state index in [9.17, 15) is 9.59 Å². The Labute approximate surface area is 163 Å². The molecule has 0 saturated carbocycles. The third-order valence-corrected chi connectivity index (χ3v) is 3.88. The summed E-state index contributed by atoms with van der Waals surface area (Å²) in [4.78, 5) is 24.3. The molecular formula is C23H20O5. The molecule has 142 valence electrons. The van der Waals surface area contributed by atoms with E-state index in [1.807, 2.05) is 25.1 Å². The highest BCUT2D eigenvalue weighted by Gasteiger charge is 2.10. The summed E-state index contributed by atoms with van der Waals surface area (Å²) in [5, 5.41) is 0. The minimum atomic E-state index is -0.520. The highest BCUT2D eigenvalue weighted by molar-refractivity contribution is 6.08. The van der Waals surface area contributed by atoms with Crippen LogP contribution in [0.5, 0.6) is 17.2 Å². The average Bonchev–Trinajstić information content (AvgIpc) is 2.74. The van der Waals surface area contributed by atoms with Crippen LogP contribution in [0.4, 0.5) is 0 Å². The Morgan fingerprint density at radius 1 is 0.679 bits per heavy atom. The van der Waals surface area contributed by atoms with Gasteiger partial charge in [-0.1, -0.05) is 30.3 Å². The molecule has 3 rings (SSSR count). The van der Waals surface area contributed by atoms with Gasteiger partial charge in [-0.05, 0) is 55.5 Å². The van der Waals surface area contributed by atoms with Crippen molar-refractivity contribution >= 4 is 11.8 Å². The summed E-state index contributed by atoms with van der Waals surface area (Å²) in [5.41, 5.74) is 1.17. The SMILES string of the molecule is CCOc1ccc(OC(=O)COc2ccc(C(=O)c3ccccc3)cc2)cc1. The van der Waals surface area contributed by atoms with Gasteiger partial charge in [0.15, 0.2) is 12.4 Å². The summed E-state index contributed by atoms with van der Waals surface area (Å²) in [5.74, 6) is 1.02. The predicted molar refractivity (Wildman–Crippen MR) is 105 cm³/mol. The van der Waals surface area contributed by atoms with E-state index in [1.54, 1.807) is 60.7 Å². The second kappa shape index (κ2) is 9.37. The summed E-state index contributed by atoms with van der Waals surface area (Å²) in [6.07, 6.45) is 0. The molecule has 5 heteroatoms. The van der Waals surface area contributed by atoms with E-state index in [2.05, 4.69) is 0 Å². The van der Waals surface area contributed by atoms with Crippen molar-refractivity contribution in [3.8, 4) is 17.2 Å². The maximum atomic E-state index is 12.4. The van der Waals surface area contributed by atoms with Crippen LogP contribution in [0.3, 0.4) is 0 Å². The highest BCUT2D eigenvalue weighted by atomic mass is 16.6. The summed E-state index contributed by atoms with van der Waals surface area (Å²) < 4.78 is 16.0. The molecule has 0 aliphatic carbocycles. The molecule has 0 atom stereocenters. The fraction of sp³-hybridized carbons (Fsp3) is 0.130. The van der Waals surface area contributed by atoms with Crippen LogP contribution >= 0.6 is 0 Å². The van der Waals surface area contributed by atoms with Crippen LogP contribution in [0.1, 0.15) is 22.8 Å². The van der Waals surface area contributed by atoms with Crippen LogP contribution in [0, 0.1) is 0 Å². The Balaban J connectivity index is 1.51. The molecule has 0 amide bonds. The van der Waals surface area contributed by atoms with E-state index in [0.717, 1.165) is 0 Å². The van der Waals surface area contributed by atoms with E-state index < -0.39 is 5.97 Å². The number of esters is 1. The smallest absolute Gasteiger partial charge is 0.349 e. The molecule has 0 spiro atoms. The fourth-order valence-electron chi connectivity index (χ4n) is 2.53. The number of rotatable bonds is 8. The van der Waals surface area contributed by atoms with Crippen molar-refractivity contribution in [1.29, 1.82) is 0 Å². The Morgan fingerprint density at radius 2 is 1.21 bits per heavy atom. The lowest BCUT2D eigenvalue weighted by Gasteiger charge is -2.08. The van der Waals surface area contributed by atoms with Gasteiger partial charge >= 0.3 is 5.97 Å². The maximum Gasteiger partial charge on any atom is 0.349 e. The number of hydrogen-bond donors (Lipinski definition) is 0. The average molecular weight is 376 g/mol. The summed E-state index contributed by atoms with van der Waals surface area (Å²) >= 11 is 0. The minimum Gasteiger partial charge on any atom is -0.494 e. The number of ketones is 1. The van der Waals surface area contributed by atoms with Gasteiger partial charge in [0.05, 0.1) is 6.61 Å². The van der Waals surface area contributed by atoms with E-state index in [1.165, 1.54) is 0 Å². The lowest BCUT2D eigenvalue weighted by atomic mass is 10.0. The van der Waals surface area contributed by atoms with Gasteiger partial charge < -0.3 is 14.2 Å². The molecule has 0 aliphatic rings. The first-order valence-electron chi connectivity index (χ1n) is 8.92.